The molecular formula is C60H80Br2N4O6. The molecule has 12 heteroatoms. The van der Waals surface area contributed by atoms with Crippen molar-refractivity contribution < 1.29 is 27.8 Å². The molecule has 0 N–H and O–H groups in total. The van der Waals surface area contributed by atoms with Gasteiger partial charge < -0.3 is 27.8 Å². The minimum absolute atomic E-state index is 0.357. The van der Waals surface area contributed by atoms with Crippen molar-refractivity contribution in [1.82, 2.24) is 20.4 Å². The van der Waals surface area contributed by atoms with Crippen LogP contribution < -0.4 is 18.9 Å². The second-order valence-electron chi connectivity index (χ2n) is 19.0. The number of alkyl halides is 2. The molecule has 6 aromatic rings. The summed E-state index contributed by atoms with van der Waals surface area (Å²) in [6, 6.07) is 27.8. The summed E-state index contributed by atoms with van der Waals surface area (Å²) in [6.07, 6.45) is 29.9. The fourth-order valence-electron chi connectivity index (χ4n) is 8.65. The fraction of sp³-hybridized carbons (Fsp3) is 0.533. The Morgan fingerprint density at radius 1 is 0.347 bits per heavy atom. The maximum atomic E-state index is 6.38. The Balaban J connectivity index is 1.02. The number of halogens is 2. The number of ether oxygens (including phenoxy) is 4. The van der Waals surface area contributed by atoms with Gasteiger partial charge in [-0.3, -0.25) is 0 Å². The van der Waals surface area contributed by atoms with Gasteiger partial charge in [-0.05, 0) is 117 Å². The van der Waals surface area contributed by atoms with Crippen LogP contribution in [0.2, 0.25) is 0 Å². The normalized spacial score (nSPS) is 11.3. The van der Waals surface area contributed by atoms with Gasteiger partial charge in [0.05, 0.1) is 26.4 Å². The lowest BCUT2D eigenvalue weighted by Gasteiger charge is -2.12. The lowest BCUT2D eigenvalue weighted by molar-refractivity contribution is 0.286. The summed E-state index contributed by atoms with van der Waals surface area (Å²) in [4.78, 5) is 0. The SMILES string of the molecule is CCCCCCCCCCCCOc1ccc(-c2nnc(-c3cc(OCCCCCCOc4cc(CBr)ccc4CBr)cc(-c4nnc(-c5ccc(OCCCCCCCCCCCC)cc5)o4)c3)o2)cc1. The molecule has 0 amide bonds. The topological polar surface area (TPSA) is 115 Å². The maximum absolute atomic E-state index is 6.38. The Morgan fingerprint density at radius 3 is 1.10 bits per heavy atom. The van der Waals surface area contributed by atoms with E-state index in [4.69, 9.17) is 27.8 Å². The van der Waals surface area contributed by atoms with Crippen molar-refractivity contribution in [2.75, 3.05) is 26.4 Å². The smallest absolute Gasteiger partial charge is 0.248 e. The predicted molar refractivity (Wildman–Crippen MR) is 300 cm³/mol. The Morgan fingerprint density at radius 2 is 0.708 bits per heavy atom. The van der Waals surface area contributed by atoms with E-state index in [0.29, 0.717) is 66.9 Å². The molecule has 0 saturated carbocycles. The van der Waals surface area contributed by atoms with Gasteiger partial charge in [0.2, 0.25) is 23.6 Å². The van der Waals surface area contributed by atoms with E-state index in [2.05, 4.69) is 84.3 Å². The molecule has 0 fully saturated rings. The van der Waals surface area contributed by atoms with Gasteiger partial charge in [0, 0.05) is 38.5 Å². The third-order valence-electron chi connectivity index (χ3n) is 13.0. The summed E-state index contributed by atoms with van der Waals surface area (Å²) in [5.41, 5.74) is 5.35. The van der Waals surface area contributed by atoms with Crippen molar-refractivity contribution in [1.29, 1.82) is 0 Å². The standard InChI is InChI=1S/C60H80Br2N4O6/c1-3-5-7-9-11-13-15-17-19-23-37-67-53-33-29-48(30-34-53)57-63-65-59(71-57)51-42-52(44-55(43-51)69-39-25-21-22-26-40-70-56-41-47(45-61)27-28-50(56)46-62)60-66-64-58(72-60)49-31-35-54(36-32-49)68-38-24-20-18-16-14-12-10-8-6-4-2/h27-36,41-44H,3-26,37-40,45-46H2,1-2H3. The van der Waals surface area contributed by atoms with Crippen LogP contribution in [0.25, 0.3) is 45.8 Å². The number of hydrogen-bond donors (Lipinski definition) is 0. The molecule has 0 aliphatic carbocycles. The Hall–Kier alpha value is -4.68. The van der Waals surface area contributed by atoms with Crippen LogP contribution in [0.15, 0.2) is 93.8 Å². The van der Waals surface area contributed by atoms with Crippen molar-refractivity contribution in [3.63, 3.8) is 0 Å². The van der Waals surface area contributed by atoms with Gasteiger partial charge >= 0.3 is 0 Å². The Labute approximate surface area is 447 Å². The first-order chi connectivity index (χ1) is 35.6. The van der Waals surface area contributed by atoms with E-state index in [9.17, 15) is 0 Å². The van der Waals surface area contributed by atoms with Crippen LogP contribution in [0, 0.1) is 0 Å². The highest BCUT2D eigenvalue weighted by atomic mass is 79.9. The minimum Gasteiger partial charge on any atom is -0.494 e. The quantitative estimate of drug-likeness (QED) is 0.0273. The van der Waals surface area contributed by atoms with Gasteiger partial charge in [0.15, 0.2) is 0 Å². The number of aromatic nitrogens is 4. The van der Waals surface area contributed by atoms with Gasteiger partial charge in [-0.2, -0.15) is 0 Å². The fourth-order valence-corrected chi connectivity index (χ4v) is 9.46. The molecule has 2 heterocycles. The van der Waals surface area contributed by atoms with Crippen LogP contribution in [-0.2, 0) is 10.7 Å². The molecule has 0 atom stereocenters. The van der Waals surface area contributed by atoms with Crippen molar-refractivity contribution in [3.05, 3.63) is 96.1 Å². The Bertz CT molecular complexity index is 2240. The van der Waals surface area contributed by atoms with Crippen LogP contribution in [-0.4, -0.2) is 46.8 Å². The van der Waals surface area contributed by atoms with Crippen molar-refractivity contribution in [2.45, 2.75) is 179 Å². The highest BCUT2D eigenvalue weighted by Gasteiger charge is 2.18. The van der Waals surface area contributed by atoms with E-state index in [-0.39, 0.29) is 0 Å². The molecule has 4 aromatic carbocycles. The summed E-state index contributed by atoms with van der Waals surface area (Å²) >= 11 is 7.14. The number of rotatable bonds is 39. The summed E-state index contributed by atoms with van der Waals surface area (Å²) in [7, 11) is 0. The van der Waals surface area contributed by atoms with E-state index >= 15 is 0 Å². The lowest BCUT2D eigenvalue weighted by Crippen LogP contribution is -2.02. The molecule has 72 heavy (non-hydrogen) atoms. The molecule has 0 spiro atoms. The molecule has 390 valence electrons. The van der Waals surface area contributed by atoms with Crippen LogP contribution in [0.1, 0.15) is 179 Å². The number of nitrogens with zero attached hydrogens (tertiary/aromatic N) is 4. The first-order valence-corrected chi connectivity index (χ1v) is 29.6. The van der Waals surface area contributed by atoms with Crippen LogP contribution in [0.5, 0.6) is 23.0 Å². The average Bonchev–Trinajstić information content (AvgIpc) is 4.13. The van der Waals surface area contributed by atoms with Gasteiger partial charge in [-0.15, -0.1) is 20.4 Å². The zero-order valence-corrected chi connectivity index (χ0v) is 46.5. The van der Waals surface area contributed by atoms with Gasteiger partial charge in [0.25, 0.3) is 0 Å². The zero-order valence-electron chi connectivity index (χ0n) is 43.3. The monoisotopic (exact) mass is 1110 g/mol. The largest absolute Gasteiger partial charge is 0.494 e. The summed E-state index contributed by atoms with van der Waals surface area (Å²) in [5.74, 6) is 4.80. The molecule has 0 unspecified atom stereocenters. The summed E-state index contributed by atoms with van der Waals surface area (Å²) in [6.45, 7) is 7.18. The number of unbranched alkanes of at least 4 members (excludes halogenated alkanes) is 21. The molecular weight excluding hydrogens is 1030 g/mol. The number of hydrogen-bond acceptors (Lipinski definition) is 10. The number of benzene rings is 4. The average molecular weight is 1110 g/mol. The van der Waals surface area contributed by atoms with Crippen LogP contribution >= 0.6 is 31.9 Å². The minimum atomic E-state index is 0.357. The van der Waals surface area contributed by atoms with Crippen LogP contribution in [0.3, 0.4) is 0 Å². The predicted octanol–water partition coefficient (Wildman–Crippen LogP) is 18.5. The third kappa shape index (κ3) is 20.3. The maximum Gasteiger partial charge on any atom is 0.248 e. The zero-order chi connectivity index (χ0) is 50.3. The van der Waals surface area contributed by atoms with Crippen molar-refractivity contribution >= 4 is 31.9 Å². The molecule has 0 aliphatic heterocycles. The van der Waals surface area contributed by atoms with Crippen LogP contribution in [0.4, 0.5) is 0 Å². The van der Waals surface area contributed by atoms with Gasteiger partial charge in [-0.25, -0.2) is 0 Å². The summed E-state index contributed by atoms with van der Waals surface area (Å²) in [5, 5.41) is 19.4. The molecule has 0 radical (unpaired) electrons. The molecule has 0 saturated heterocycles. The second-order valence-corrected chi connectivity index (χ2v) is 20.1. The van der Waals surface area contributed by atoms with E-state index in [0.717, 1.165) is 83.1 Å². The molecule has 2 aromatic heterocycles. The third-order valence-corrected chi connectivity index (χ3v) is 14.2. The van der Waals surface area contributed by atoms with Crippen molar-refractivity contribution in [3.8, 4) is 68.8 Å². The van der Waals surface area contributed by atoms with Gasteiger partial charge in [-0.1, -0.05) is 173 Å². The van der Waals surface area contributed by atoms with Gasteiger partial charge in [0.1, 0.15) is 23.0 Å². The first-order valence-electron chi connectivity index (χ1n) is 27.4. The van der Waals surface area contributed by atoms with E-state index in [1.165, 1.54) is 121 Å². The molecule has 0 bridgehead atoms. The van der Waals surface area contributed by atoms with Crippen molar-refractivity contribution in [2.24, 2.45) is 0 Å². The van der Waals surface area contributed by atoms with E-state index < -0.39 is 0 Å². The second kappa shape index (κ2) is 33.9. The molecule has 10 nitrogen and oxygen atoms in total. The van der Waals surface area contributed by atoms with E-state index in [1.54, 1.807) is 0 Å². The first kappa shape index (κ1) is 56.6. The molecule has 0 aliphatic rings. The highest BCUT2D eigenvalue weighted by molar-refractivity contribution is 9.08. The lowest BCUT2D eigenvalue weighted by atomic mass is 10.1. The highest BCUT2D eigenvalue weighted by Crippen LogP contribution is 2.34. The summed E-state index contributed by atoms with van der Waals surface area (Å²) < 4.78 is 37.3. The Kier molecular flexibility index (Phi) is 26.7. The molecule has 6 rings (SSSR count). The van der Waals surface area contributed by atoms with E-state index in [1.807, 2.05) is 66.7 Å².